The summed E-state index contributed by atoms with van der Waals surface area (Å²) in [5.41, 5.74) is 0.725. The Hall–Kier alpha value is -2.47. The first-order valence-electron chi connectivity index (χ1n) is 8.03. The van der Waals surface area contributed by atoms with Crippen molar-refractivity contribution in [3.8, 4) is 10.8 Å². The summed E-state index contributed by atoms with van der Waals surface area (Å²) in [6, 6.07) is 13.3. The molecule has 0 saturated carbocycles. The molecule has 1 aliphatic heterocycles. The maximum atomic E-state index is 12.6. The Balaban J connectivity index is 1.50. The van der Waals surface area contributed by atoms with E-state index in [0.29, 0.717) is 18.3 Å². The smallest absolute Gasteiger partial charge is 0.257 e. The fourth-order valence-corrected chi connectivity index (χ4v) is 3.67. The first-order valence-corrected chi connectivity index (χ1v) is 8.91. The third-order valence-corrected chi connectivity index (χ3v) is 5.11. The molecule has 1 aliphatic rings. The molecule has 1 atom stereocenters. The lowest BCUT2D eigenvalue weighted by molar-refractivity contribution is 0.0698. The van der Waals surface area contributed by atoms with Gasteiger partial charge in [-0.15, -0.1) is 21.5 Å². The third kappa shape index (κ3) is 2.97. The van der Waals surface area contributed by atoms with E-state index in [-0.39, 0.29) is 11.8 Å². The van der Waals surface area contributed by atoms with Gasteiger partial charge in [-0.1, -0.05) is 24.3 Å². The molecule has 24 heavy (non-hydrogen) atoms. The molecule has 0 unspecified atom stereocenters. The van der Waals surface area contributed by atoms with Crippen molar-refractivity contribution in [2.75, 3.05) is 13.1 Å². The molecular weight excluding hydrogens is 322 g/mol. The van der Waals surface area contributed by atoms with Crippen LogP contribution in [0.1, 0.15) is 35.0 Å². The van der Waals surface area contributed by atoms with E-state index in [1.165, 1.54) is 0 Å². The number of benzene rings is 1. The number of hydrogen-bond donors (Lipinski definition) is 0. The summed E-state index contributed by atoms with van der Waals surface area (Å²) in [6.45, 7) is 1.40. The van der Waals surface area contributed by atoms with Crippen LogP contribution in [-0.2, 0) is 0 Å². The minimum atomic E-state index is 0.0679. The first-order chi connectivity index (χ1) is 11.8. The Labute approximate surface area is 143 Å². The Morgan fingerprint density at radius 2 is 2.04 bits per heavy atom. The van der Waals surface area contributed by atoms with Gasteiger partial charge in [0.05, 0.1) is 10.8 Å². The van der Waals surface area contributed by atoms with Gasteiger partial charge in [-0.2, -0.15) is 0 Å². The summed E-state index contributed by atoms with van der Waals surface area (Å²) in [5, 5.41) is 10.4. The van der Waals surface area contributed by atoms with Gasteiger partial charge in [0.15, 0.2) is 0 Å². The van der Waals surface area contributed by atoms with Crippen molar-refractivity contribution in [1.29, 1.82) is 0 Å². The zero-order chi connectivity index (χ0) is 16.4. The maximum absolute atomic E-state index is 12.6. The van der Waals surface area contributed by atoms with Crippen molar-refractivity contribution in [1.82, 2.24) is 15.1 Å². The van der Waals surface area contributed by atoms with Crippen molar-refractivity contribution in [3.63, 3.8) is 0 Å². The Morgan fingerprint density at radius 3 is 2.83 bits per heavy atom. The maximum Gasteiger partial charge on any atom is 0.257 e. The van der Waals surface area contributed by atoms with E-state index in [4.69, 9.17) is 4.42 Å². The van der Waals surface area contributed by atoms with E-state index in [0.717, 1.165) is 29.8 Å². The number of aromatic nitrogens is 2. The average molecular weight is 339 g/mol. The zero-order valence-corrected chi connectivity index (χ0v) is 13.9. The summed E-state index contributed by atoms with van der Waals surface area (Å²) in [6.07, 6.45) is 1.91. The summed E-state index contributed by atoms with van der Waals surface area (Å²) in [7, 11) is 0. The van der Waals surface area contributed by atoms with Crippen molar-refractivity contribution in [2.45, 2.75) is 18.8 Å². The number of amides is 1. The van der Waals surface area contributed by atoms with E-state index >= 15 is 0 Å². The Morgan fingerprint density at radius 1 is 1.17 bits per heavy atom. The van der Waals surface area contributed by atoms with Gasteiger partial charge < -0.3 is 9.32 Å². The number of carbonyl (C=O) groups is 1. The largest absolute Gasteiger partial charge is 0.420 e. The van der Waals surface area contributed by atoms with Crippen LogP contribution >= 0.6 is 11.3 Å². The van der Waals surface area contributed by atoms with Gasteiger partial charge in [0.1, 0.15) is 0 Å². The standard InChI is InChI=1S/C18H17N3O2S/c22-18(13-6-2-1-3-7-13)21-10-4-8-14(12-21)16-19-20-17(23-16)15-9-5-11-24-15/h1-3,5-7,9,11,14H,4,8,10,12H2/t14-/m0/s1. The molecule has 0 bridgehead atoms. The van der Waals surface area contributed by atoms with Crippen molar-refractivity contribution >= 4 is 17.2 Å². The van der Waals surface area contributed by atoms with Crippen LogP contribution in [0.15, 0.2) is 52.3 Å². The molecular formula is C18H17N3O2S. The van der Waals surface area contributed by atoms with E-state index in [2.05, 4.69) is 10.2 Å². The van der Waals surface area contributed by atoms with Crippen LogP contribution in [0, 0.1) is 0 Å². The average Bonchev–Trinajstić information content (AvgIpc) is 3.33. The predicted octanol–water partition coefficient (Wildman–Crippen LogP) is 3.82. The number of piperidine rings is 1. The molecule has 5 nitrogen and oxygen atoms in total. The molecule has 1 saturated heterocycles. The predicted molar refractivity (Wildman–Crippen MR) is 91.9 cm³/mol. The molecule has 1 fully saturated rings. The van der Waals surface area contributed by atoms with Crippen LogP contribution in [0.3, 0.4) is 0 Å². The normalized spacial score (nSPS) is 17.8. The number of hydrogen-bond acceptors (Lipinski definition) is 5. The first kappa shape index (κ1) is 15.1. The van der Waals surface area contributed by atoms with Crippen LogP contribution in [0.2, 0.25) is 0 Å². The summed E-state index contributed by atoms with van der Waals surface area (Å²) < 4.78 is 5.85. The van der Waals surface area contributed by atoms with Gasteiger partial charge in [-0.25, -0.2) is 0 Å². The molecule has 3 aromatic rings. The lowest BCUT2D eigenvalue weighted by Gasteiger charge is -2.31. The van der Waals surface area contributed by atoms with Gasteiger partial charge in [-0.05, 0) is 36.4 Å². The van der Waals surface area contributed by atoms with Crippen molar-refractivity contribution < 1.29 is 9.21 Å². The van der Waals surface area contributed by atoms with Crippen molar-refractivity contribution in [3.05, 3.63) is 59.3 Å². The minimum absolute atomic E-state index is 0.0679. The van der Waals surface area contributed by atoms with Gasteiger partial charge in [0, 0.05) is 18.7 Å². The fourth-order valence-electron chi connectivity index (χ4n) is 3.03. The second-order valence-corrected chi connectivity index (χ2v) is 6.83. The molecule has 0 radical (unpaired) electrons. The highest BCUT2D eigenvalue weighted by Crippen LogP contribution is 2.30. The number of nitrogens with zero attached hydrogens (tertiary/aromatic N) is 3. The number of thiophene rings is 1. The number of rotatable bonds is 3. The van der Waals surface area contributed by atoms with Gasteiger partial charge in [0.25, 0.3) is 11.8 Å². The van der Waals surface area contributed by atoms with E-state index in [1.54, 1.807) is 11.3 Å². The fraction of sp³-hybridized carbons (Fsp3) is 0.278. The summed E-state index contributed by atoms with van der Waals surface area (Å²) in [4.78, 5) is 15.5. The highest BCUT2D eigenvalue weighted by atomic mass is 32.1. The molecule has 0 aliphatic carbocycles. The van der Waals surface area contributed by atoms with Crippen LogP contribution in [0.4, 0.5) is 0 Å². The molecule has 3 heterocycles. The van der Waals surface area contributed by atoms with Crippen LogP contribution < -0.4 is 0 Å². The van der Waals surface area contributed by atoms with Crippen LogP contribution in [0.5, 0.6) is 0 Å². The second-order valence-electron chi connectivity index (χ2n) is 5.88. The number of likely N-dealkylation sites (tertiary alicyclic amines) is 1. The molecule has 0 N–H and O–H groups in total. The van der Waals surface area contributed by atoms with E-state index in [1.807, 2.05) is 52.7 Å². The molecule has 0 spiro atoms. The lowest BCUT2D eigenvalue weighted by atomic mass is 9.97. The second kappa shape index (κ2) is 6.57. The molecule has 122 valence electrons. The SMILES string of the molecule is O=C(c1ccccc1)N1CCC[C@H](c2nnc(-c3cccs3)o2)C1. The van der Waals surface area contributed by atoms with Crippen molar-refractivity contribution in [2.24, 2.45) is 0 Å². The van der Waals surface area contributed by atoms with Gasteiger partial charge in [-0.3, -0.25) is 4.79 Å². The molecule has 1 amide bonds. The highest BCUT2D eigenvalue weighted by molar-refractivity contribution is 7.13. The molecule has 1 aromatic carbocycles. The van der Waals surface area contributed by atoms with E-state index < -0.39 is 0 Å². The third-order valence-electron chi connectivity index (χ3n) is 4.25. The monoisotopic (exact) mass is 339 g/mol. The quantitative estimate of drug-likeness (QED) is 0.728. The topological polar surface area (TPSA) is 59.2 Å². The van der Waals surface area contributed by atoms with Crippen LogP contribution in [-0.4, -0.2) is 34.1 Å². The molecule has 6 heteroatoms. The minimum Gasteiger partial charge on any atom is -0.420 e. The lowest BCUT2D eigenvalue weighted by Crippen LogP contribution is -2.39. The van der Waals surface area contributed by atoms with E-state index in [9.17, 15) is 4.79 Å². The Bertz CT molecular complexity index is 814. The van der Waals surface area contributed by atoms with Gasteiger partial charge in [0.2, 0.25) is 5.89 Å². The molecule has 2 aromatic heterocycles. The van der Waals surface area contributed by atoms with Crippen LogP contribution in [0.25, 0.3) is 10.8 Å². The van der Waals surface area contributed by atoms with Gasteiger partial charge >= 0.3 is 0 Å². The zero-order valence-electron chi connectivity index (χ0n) is 13.1. The highest BCUT2D eigenvalue weighted by Gasteiger charge is 2.29. The number of carbonyl (C=O) groups excluding carboxylic acids is 1. The summed E-state index contributed by atoms with van der Waals surface area (Å²) in [5.74, 6) is 1.36. The summed E-state index contributed by atoms with van der Waals surface area (Å²) >= 11 is 1.58. The Kier molecular flexibility index (Phi) is 4.13. The molecule has 4 rings (SSSR count).